The summed E-state index contributed by atoms with van der Waals surface area (Å²) in [6.45, 7) is 1.37. The van der Waals surface area contributed by atoms with Crippen LogP contribution in [0.4, 0.5) is 0 Å². The zero-order chi connectivity index (χ0) is 7.19. The minimum atomic E-state index is -0.722. The number of piperazine rings is 1. The molecule has 0 aromatic heterocycles. The molecule has 2 bridgehead atoms. The maximum absolute atomic E-state index is 10.7. The minimum Gasteiger partial charge on any atom is -0.480 e. The summed E-state index contributed by atoms with van der Waals surface area (Å²) in [5, 5.41) is 14.9. The van der Waals surface area contributed by atoms with Crippen molar-refractivity contribution in [1.82, 2.24) is 10.6 Å². The van der Waals surface area contributed by atoms with Gasteiger partial charge in [0.1, 0.15) is 5.54 Å². The number of hydrogen-bond acceptors (Lipinski definition) is 3. The van der Waals surface area contributed by atoms with Crippen LogP contribution in [0.25, 0.3) is 0 Å². The van der Waals surface area contributed by atoms with Gasteiger partial charge < -0.3 is 10.4 Å². The van der Waals surface area contributed by atoms with E-state index in [1.807, 2.05) is 0 Å². The van der Waals surface area contributed by atoms with Crippen LogP contribution in [0, 0.1) is 0 Å². The molecule has 2 aliphatic rings. The van der Waals surface area contributed by atoms with E-state index in [1.165, 1.54) is 0 Å². The first-order chi connectivity index (χ1) is 4.73. The van der Waals surface area contributed by atoms with Crippen LogP contribution >= 0.6 is 0 Å². The van der Waals surface area contributed by atoms with Crippen molar-refractivity contribution in [3.05, 3.63) is 0 Å². The topological polar surface area (TPSA) is 61.4 Å². The predicted octanol–water partition coefficient (Wildman–Crippen LogP) is -1.23. The predicted molar refractivity (Wildman–Crippen MR) is 34.8 cm³/mol. The molecule has 0 saturated carbocycles. The second-order valence-corrected chi connectivity index (χ2v) is 3.05. The zero-order valence-corrected chi connectivity index (χ0v) is 5.55. The van der Waals surface area contributed by atoms with E-state index in [0.717, 1.165) is 13.0 Å². The van der Waals surface area contributed by atoms with Gasteiger partial charge in [0.15, 0.2) is 0 Å². The lowest BCUT2D eigenvalue weighted by atomic mass is 10.0. The summed E-state index contributed by atoms with van der Waals surface area (Å²) in [6, 6.07) is 0.385. The highest BCUT2D eigenvalue weighted by atomic mass is 16.4. The summed E-state index contributed by atoms with van der Waals surface area (Å²) in [5.74, 6) is -0.722. The molecule has 2 fully saturated rings. The van der Waals surface area contributed by atoms with E-state index < -0.39 is 11.5 Å². The van der Waals surface area contributed by atoms with Crippen LogP contribution in [0.2, 0.25) is 0 Å². The van der Waals surface area contributed by atoms with Crippen molar-refractivity contribution in [1.29, 1.82) is 0 Å². The van der Waals surface area contributed by atoms with Crippen molar-refractivity contribution in [2.45, 2.75) is 18.0 Å². The molecule has 2 saturated heterocycles. The van der Waals surface area contributed by atoms with Crippen LogP contribution < -0.4 is 10.6 Å². The standard InChI is InChI=1S/C6H10N2O2/c9-5(10)6-1-4(2-8-6)7-3-6/h4,7-8H,1-3H2,(H,9,10)/t4-,6+/m0/s1. The molecule has 3 N–H and O–H groups in total. The number of carbonyl (C=O) groups is 1. The van der Waals surface area contributed by atoms with Crippen LogP contribution in [-0.4, -0.2) is 35.7 Å². The lowest BCUT2D eigenvalue weighted by molar-refractivity contribution is -0.143. The van der Waals surface area contributed by atoms with E-state index >= 15 is 0 Å². The fraction of sp³-hybridized carbons (Fsp3) is 0.833. The number of aliphatic carboxylic acids is 1. The molecule has 2 heterocycles. The third-order valence-corrected chi connectivity index (χ3v) is 2.38. The van der Waals surface area contributed by atoms with Gasteiger partial charge in [0.25, 0.3) is 0 Å². The molecule has 56 valence electrons. The molecule has 0 aromatic carbocycles. The van der Waals surface area contributed by atoms with E-state index in [1.54, 1.807) is 0 Å². The Morgan fingerprint density at radius 3 is 2.70 bits per heavy atom. The third kappa shape index (κ3) is 0.602. The average Bonchev–Trinajstić information content (AvgIpc) is 2.45. The molecule has 0 aliphatic carbocycles. The highest BCUT2D eigenvalue weighted by molar-refractivity contribution is 5.80. The molecule has 2 rings (SSSR count). The van der Waals surface area contributed by atoms with Gasteiger partial charge >= 0.3 is 5.97 Å². The first-order valence-corrected chi connectivity index (χ1v) is 3.45. The molecule has 10 heavy (non-hydrogen) atoms. The van der Waals surface area contributed by atoms with Crippen LogP contribution in [-0.2, 0) is 4.79 Å². The molecule has 0 unspecified atom stereocenters. The number of nitrogens with one attached hydrogen (secondary N) is 2. The Bertz CT molecular complexity index is 173. The summed E-state index contributed by atoms with van der Waals surface area (Å²) in [5.41, 5.74) is -0.634. The molecule has 0 amide bonds. The van der Waals surface area contributed by atoms with Crippen molar-refractivity contribution in [3.8, 4) is 0 Å². The number of carboxylic acids is 1. The van der Waals surface area contributed by atoms with Gasteiger partial charge in [-0.3, -0.25) is 10.1 Å². The fourth-order valence-electron chi connectivity index (χ4n) is 1.72. The monoisotopic (exact) mass is 142 g/mol. The van der Waals surface area contributed by atoms with Crippen molar-refractivity contribution in [2.75, 3.05) is 13.1 Å². The molecule has 2 aliphatic heterocycles. The van der Waals surface area contributed by atoms with Gasteiger partial charge in [-0.25, -0.2) is 0 Å². The summed E-state index contributed by atoms with van der Waals surface area (Å²) in [4.78, 5) is 10.7. The highest BCUT2D eigenvalue weighted by Gasteiger charge is 2.50. The maximum atomic E-state index is 10.7. The van der Waals surface area contributed by atoms with Gasteiger partial charge in [-0.1, -0.05) is 0 Å². The lowest BCUT2D eigenvalue weighted by Crippen LogP contribution is -2.54. The van der Waals surface area contributed by atoms with E-state index in [2.05, 4.69) is 10.6 Å². The highest BCUT2D eigenvalue weighted by Crippen LogP contribution is 2.25. The zero-order valence-electron chi connectivity index (χ0n) is 5.55. The minimum absolute atomic E-state index is 0.385. The summed E-state index contributed by atoms with van der Waals surface area (Å²) in [7, 11) is 0. The van der Waals surface area contributed by atoms with E-state index in [-0.39, 0.29) is 0 Å². The van der Waals surface area contributed by atoms with E-state index in [4.69, 9.17) is 5.11 Å². The Morgan fingerprint density at radius 2 is 2.50 bits per heavy atom. The lowest BCUT2D eigenvalue weighted by Gasteiger charge is -2.22. The Labute approximate surface area is 58.6 Å². The van der Waals surface area contributed by atoms with Gasteiger partial charge in [0, 0.05) is 19.1 Å². The Kier molecular flexibility index (Phi) is 1.04. The van der Waals surface area contributed by atoms with Gasteiger partial charge in [-0.05, 0) is 6.42 Å². The molecule has 2 atom stereocenters. The van der Waals surface area contributed by atoms with E-state index in [9.17, 15) is 4.79 Å². The number of hydrogen-bond donors (Lipinski definition) is 3. The average molecular weight is 142 g/mol. The fourth-order valence-corrected chi connectivity index (χ4v) is 1.72. The van der Waals surface area contributed by atoms with Crippen molar-refractivity contribution >= 4 is 5.97 Å². The van der Waals surface area contributed by atoms with Crippen LogP contribution in [0.1, 0.15) is 6.42 Å². The number of fused-ring (bicyclic) bond motifs is 2. The van der Waals surface area contributed by atoms with Crippen LogP contribution in [0.3, 0.4) is 0 Å². The molecule has 4 heteroatoms. The summed E-state index contributed by atoms with van der Waals surface area (Å²) in [6.07, 6.45) is 0.738. The number of carboxylic acid groups (broad SMARTS) is 1. The molecule has 4 nitrogen and oxygen atoms in total. The second-order valence-electron chi connectivity index (χ2n) is 3.05. The van der Waals surface area contributed by atoms with Crippen molar-refractivity contribution in [3.63, 3.8) is 0 Å². The first-order valence-electron chi connectivity index (χ1n) is 3.45. The van der Waals surface area contributed by atoms with Crippen LogP contribution in [0.5, 0.6) is 0 Å². The Hall–Kier alpha value is -0.610. The molecule has 0 aromatic rings. The normalized spacial score (nSPS) is 44.2. The van der Waals surface area contributed by atoms with E-state index in [0.29, 0.717) is 12.6 Å². The SMILES string of the molecule is O=C(O)[C@@]12CN[C@H](CN1)C2. The second kappa shape index (κ2) is 1.71. The summed E-state index contributed by atoms with van der Waals surface area (Å²) >= 11 is 0. The molecule has 0 radical (unpaired) electrons. The molecular weight excluding hydrogens is 132 g/mol. The van der Waals surface area contributed by atoms with Crippen molar-refractivity contribution in [2.24, 2.45) is 0 Å². The van der Waals surface area contributed by atoms with Crippen LogP contribution in [0.15, 0.2) is 0 Å². The molecule has 0 spiro atoms. The number of rotatable bonds is 1. The van der Waals surface area contributed by atoms with Gasteiger partial charge in [0.05, 0.1) is 0 Å². The van der Waals surface area contributed by atoms with Crippen molar-refractivity contribution < 1.29 is 9.90 Å². The maximum Gasteiger partial charge on any atom is 0.325 e. The Morgan fingerprint density at radius 1 is 1.70 bits per heavy atom. The first kappa shape index (κ1) is 6.12. The smallest absolute Gasteiger partial charge is 0.325 e. The van der Waals surface area contributed by atoms with Gasteiger partial charge in [0.2, 0.25) is 0 Å². The quantitative estimate of drug-likeness (QED) is 0.429. The largest absolute Gasteiger partial charge is 0.480 e. The van der Waals surface area contributed by atoms with Gasteiger partial charge in [-0.15, -0.1) is 0 Å². The van der Waals surface area contributed by atoms with Gasteiger partial charge in [-0.2, -0.15) is 0 Å². The third-order valence-electron chi connectivity index (χ3n) is 2.38. The summed E-state index contributed by atoms with van der Waals surface area (Å²) < 4.78 is 0. The molecular formula is C6H10N2O2. The Balaban J connectivity index is 2.23.